The molecule has 0 aliphatic heterocycles. The van der Waals surface area contributed by atoms with Gasteiger partial charge < -0.3 is 10.4 Å². The van der Waals surface area contributed by atoms with Crippen molar-refractivity contribution in [2.75, 3.05) is 25.0 Å². The summed E-state index contributed by atoms with van der Waals surface area (Å²) in [5.74, 6) is -0.0783. The molecule has 0 radical (unpaired) electrons. The third kappa shape index (κ3) is 4.63. The summed E-state index contributed by atoms with van der Waals surface area (Å²) in [6.45, 7) is 1.39. The van der Waals surface area contributed by atoms with Crippen molar-refractivity contribution in [2.45, 2.75) is 32.2 Å². The lowest BCUT2D eigenvalue weighted by Gasteiger charge is -2.20. The van der Waals surface area contributed by atoms with Gasteiger partial charge in [0.25, 0.3) is 0 Å². The highest BCUT2D eigenvalue weighted by molar-refractivity contribution is 7.15. The molecule has 1 aliphatic rings. The van der Waals surface area contributed by atoms with E-state index in [9.17, 15) is 9.90 Å². The second kappa shape index (κ2) is 8.37. The predicted molar refractivity (Wildman–Crippen MR) is 96.2 cm³/mol. The third-order valence-corrected chi connectivity index (χ3v) is 5.20. The van der Waals surface area contributed by atoms with Crippen molar-refractivity contribution in [3.8, 4) is 0 Å². The molecule has 5 nitrogen and oxygen atoms in total. The number of anilines is 1. The number of aliphatic hydroxyl groups excluding tert-OH is 1. The Bertz CT molecular complexity index is 649. The summed E-state index contributed by atoms with van der Waals surface area (Å²) in [5, 5.41) is 12.9. The minimum Gasteiger partial charge on any atom is -0.395 e. The minimum absolute atomic E-state index is 0.0334. The Morgan fingerprint density at radius 2 is 2.04 bits per heavy atom. The maximum absolute atomic E-state index is 12.3. The van der Waals surface area contributed by atoms with Gasteiger partial charge in [0.1, 0.15) is 0 Å². The SMILES string of the molecule is O=C(CN(CCO)Cc1ccccc1)Nc1nc2c(s1)CCCC2. The van der Waals surface area contributed by atoms with Crippen molar-refractivity contribution in [2.24, 2.45) is 0 Å². The normalized spacial score (nSPS) is 13.8. The van der Waals surface area contributed by atoms with Crippen LogP contribution in [0.2, 0.25) is 0 Å². The molecule has 1 aromatic carbocycles. The lowest BCUT2D eigenvalue weighted by Crippen LogP contribution is -2.34. The molecule has 0 bridgehead atoms. The fraction of sp³-hybridized carbons (Fsp3) is 0.444. The summed E-state index contributed by atoms with van der Waals surface area (Å²) in [6, 6.07) is 9.98. The zero-order chi connectivity index (χ0) is 16.8. The van der Waals surface area contributed by atoms with E-state index in [-0.39, 0.29) is 19.1 Å². The fourth-order valence-corrected chi connectivity index (χ4v) is 4.03. The van der Waals surface area contributed by atoms with E-state index in [1.165, 1.54) is 17.7 Å². The number of aromatic nitrogens is 1. The largest absolute Gasteiger partial charge is 0.395 e. The first-order valence-corrected chi connectivity index (χ1v) is 9.22. The monoisotopic (exact) mass is 345 g/mol. The van der Waals surface area contributed by atoms with Crippen molar-refractivity contribution in [1.82, 2.24) is 9.88 Å². The summed E-state index contributed by atoms with van der Waals surface area (Å²) in [4.78, 5) is 20.1. The Balaban J connectivity index is 1.57. The van der Waals surface area contributed by atoms with E-state index in [4.69, 9.17) is 0 Å². The standard InChI is InChI=1S/C18H23N3O2S/c22-11-10-21(12-14-6-2-1-3-7-14)13-17(23)20-18-19-15-8-4-5-9-16(15)24-18/h1-3,6-7,22H,4-5,8-13H2,(H,19,20,23). The van der Waals surface area contributed by atoms with Crippen LogP contribution in [0.4, 0.5) is 5.13 Å². The second-order valence-electron chi connectivity index (χ2n) is 6.06. The first-order chi connectivity index (χ1) is 11.7. The molecule has 0 saturated heterocycles. The van der Waals surface area contributed by atoms with E-state index < -0.39 is 0 Å². The van der Waals surface area contributed by atoms with Crippen molar-refractivity contribution in [3.05, 3.63) is 46.5 Å². The van der Waals surface area contributed by atoms with E-state index in [0.717, 1.165) is 24.1 Å². The van der Waals surface area contributed by atoms with Crippen LogP contribution < -0.4 is 5.32 Å². The van der Waals surface area contributed by atoms with E-state index in [2.05, 4.69) is 10.3 Å². The third-order valence-electron chi connectivity index (χ3n) is 4.12. The first kappa shape index (κ1) is 17.1. The topological polar surface area (TPSA) is 65.5 Å². The van der Waals surface area contributed by atoms with Gasteiger partial charge in [0.2, 0.25) is 5.91 Å². The molecule has 0 unspecified atom stereocenters. The zero-order valence-electron chi connectivity index (χ0n) is 13.7. The number of fused-ring (bicyclic) bond motifs is 1. The number of aliphatic hydroxyl groups is 1. The summed E-state index contributed by atoms with van der Waals surface area (Å²) in [6.07, 6.45) is 4.50. The average molecular weight is 345 g/mol. The molecule has 128 valence electrons. The van der Waals surface area contributed by atoms with Crippen LogP contribution in [0, 0.1) is 0 Å². The van der Waals surface area contributed by atoms with Gasteiger partial charge in [0.05, 0.1) is 18.8 Å². The molecule has 1 aliphatic carbocycles. The maximum Gasteiger partial charge on any atom is 0.240 e. The smallest absolute Gasteiger partial charge is 0.240 e. The predicted octanol–water partition coefficient (Wildman–Crippen LogP) is 2.45. The van der Waals surface area contributed by atoms with Crippen LogP contribution in [-0.4, -0.2) is 40.6 Å². The fourth-order valence-electron chi connectivity index (χ4n) is 2.96. The van der Waals surface area contributed by atoms with Gasteiger partial charge in [-0.2, -0.15) is 0 Å². The highest BCUT2D eigenvalue weighted by atomic mass is 32.1. The van der Waals surface area contributed by atoms with Crippen molar-refractivity contribution in [1.29, 1.82) is 0 Å². The molecule has 1 aromatic heterocycles. The van der Waals surface area contributed by atoms with Gasteiger partial charge in [-0.15, -0.1) is 11.3 Å². The number of carbonyl (C=O) groups is 1. The molecule has 2 aromatic rings. The molecule has 1 amide bonds. The molecule has 0 atom stereocenters. The van der Waals surface area contributed by atoms with Gasteiger partial charge in [0.15, 0.2) is 5.13 Å². The van der Waals surface area contributed by atoms with Crippen molar-refractivity contribution < 1.29 is 9.90 Å². The Morgan fingerprint density at radius 1 is 1.25 bits per heavy atom. The molecule has 0 spiro atoms. The Labute approximate surface area is 146 Å². The van der Waals surface area contributed by atoms with Gasteiger partial charge in [-0.05, 0) is 31.2 Å². The highest BCUT2D eigenvalue weighted by Crippen LogP contribution is 2.29. The Hall–Kier alpha value is -1.76. The number of nitrogens with zero attached hydrogens (tertiary/aromatic N) is 2. The molecule has 24 heavy (non-hydrogen) atoms. The van der Waals surface area contributed by atoms with E-state index >= 15 is 0 Å². The first-order valence-electron chi connectivity index (χ1n) is 8.40. The maximum atomic E-state index is 12.3. The van der Waals surface area contributed by atoms with E-state index in [0.29, 0.717) is 18.2 Å². The van der Waals surface area contributed by atoms with Crippen LogP contribution >= 0.6 is 11.3 Å². The number of rotatable bonds is 7. The molecule has 6 heteroatoms. The number of benzene rings is 1. The highest BCUT2D eigenvalue weighted by Gasteiger charge is 2.17. The molecule has 2 N–H and O–H groups in total. The number of hydrogen-bond donors (Lipinski definition) is 2. The summed E-state index contributed by atoms with van der Waals surface area (Å²) < 4.78 is 0. The molecular formula is C18H23N3O2S. The van der Waals surface area contributed by atoms with Crippen LogP contribution in [0.5, 0.6) is 0 Å². The Morgan fingerprint density at radius 3 is 2.79 bits per heavy atom. The summed E-state index contributed by atoms with van der Waals surface area (Å²) in [7, 11) is 0. The van der Waals surface area contributed by atoms with E-state index in [1.54, 1.807) is 11.3 Å². The minimum atomic E-state index is -0.0783. The van der Waals surface area contributed by atoms with Crippen LogP contribution in [0.3, 0.4) is 0 Å². The Kier molecular flexibility index (Phi) is 5.96. The van der Waals surface area contributed by atoms with E-state index in [1.807, 2.05) is 35.2 Å². The van der Waals surface area contributed by atoms with Crippen molar-refractivity contribution in [3.63, 3.8) is 0 Å². The molecule has 3 rings (SSSR count). The summed E-state index contributed by atoms with van der Waals surface area (Å²) >= 11 is 1.60. The number of hydrogen-bond acceptors (Lipinski definition) is 5. The van der Waals surface area contributed by atoms with Crippen molar-refractivity contribution >= 4 is 22.4 Å². The quantitative estimate of drug-likeness (QED) is 0.809. The lowest BCUT2D eigenvalue weighted by molar-refractivity contribution is -0.117. The average Bonchev–Trinajstić information content (AvgIpc) is 2.98. The molecule has 0 fully saturated rings. The van der Waals surface area contributed by atoms with Crippen LogP contribution in [0.1, 0.15) is 29.0 Å². The van der Waals surface area contributed by atoms with Crippen LogP contribution in [0.15, 0.2) is 30.3 Å². The van der Waals surface area contributed by atoms with Gasteiger partial charge in [0, 0.05) is 18.0 Å². The van der Waals surface area contributed by atoms with Crippen LogP contribution in [-0.2, 0) is 24.2 Å². The lowest BCUT2D eigenvalue weighted by atomic mass is 10.0. The number of thiazole rings is 1. The second-order valence-corrected chi connectivity index (χ2v) is 7.15. The number of amides is 1. The van der Waals surface area contributed by atoms with Gasteiger partial charge in [-0.3, -0.25) is 9.69 Å². The number of nitrogens with one attached hydrogen (secondary N) is 1. The number of aryl methyl sites for hydroxylation is 2. The molecule has 1 heterocycles. The van der Waals surface area contributed by atoms with Gasteiger partial charge in [-0.25, -0.2) is 4.98 Å². The van der Waals surface area contributed by atoms with Gasteiger partial charge >= 0.3 is 0 Å². The molecular weight excluding hydrogens is 322 g/mol. The number of carbonyl (C=O) groups excluding carboxylic acids is 1. The zero-order valence-corrected chi connectivity index (χ0v) is 14.5. The molecule has 0 saturated carbocycles. The van der Waals surface area contributed by atoms with Crippen LogP contribution in [0.25, 0.3) is 0 Å². The summed E-state index contributed by atoms with van der Waals surface area (Å²) in [5.41, 5.74) is 2.28. The van der Waals surface area contributed by atoms with Gasteiger partial charge in [-0.1, -0.05) is 30.3 Å².